The lowest BCUT2D eigenvalue weighted by Gasteiger charge is -2.22. The van der Waals surface area contributed by atoms with Crippen molar-refractivity contribution in [1.82, 2.24) is 34.5 Å². The third-order valence-corrected chi connectivity index (χ3v) is 6.18. The number of amides is 1. The Morgan fingerprint density at radius 3 is 2.50 bits per heavy atom. The van der Waals surface area contributed by atoms with E-state index in [2.05, 4.69) is 35.3 Å². The van der Waals surface area contributed by atoms with Gasteiger partial charge in [0, 0.05) is 6.42 Å². The molecular weight excluding hydrogens is 520 g/mol. The van der Waals surface area contributed by atoms with E-state index in [0.29, 0.717) is 0 Å². The van der Waals surface area contributed by atoms with Crippen LogP contribution in [0.25, 0.3) is 17.2 Å². The molecule has 198 valence electrons. The fraction of sp³-hybridized carbons (Fsp3) is 0.318. The van der Waals surface area contributed by atoms with Gasteiger partial charge in [0.05, 0.1) is 29.3 Å². The number of hydrogen-bond donors (Lipinski definition) is 2. The molecule has 4 aromatic heterocycles. The number of aryl methyl sites for hydroxylation is 2. The van der Waals surface area contributed by atoms with Gasteiger partial charge in [-0.25, -0.2) is 28.8 Å². The van der Waals surface area contributed by atoms with Gasteiger partial charge in [-0.15, -0.1) is 0 Å². The van der Waals surface area contributed by atoms with Gasteiger partial charge in [0.15, 0.2) is 11.5 Å². The van der Waals surface area contributed by atoms with Crippen LogP contribution in [-0.4, -0.2) is 52.5 Å². The Balaban J connectivity index is 1.59. The Labute approximate surface area is 209 Å². The standard InChI is InChI=1S/C22H17F6N9O/c1-9-31-18-11(5-6-21(24,25)22(26,27)28)32-12(8-37(18)36-9)16-33-15(29)14-17(34-16)35-19(38)20(14,2)13-4-3-10(23)7-30-13/h3-4,7-8H,5-6H2,1-2H3,(H3,29,33,34,35,38). The van der Waals surface area contributed by atoms with Gasteiger partial charge in [0.25, 0.3) is 0 Å². The first kappa shape index (κ1) is 25.3. The summed E-state index contributed by atoms with van der Waals surface area (Å²) in [7, 11) is 0. The van der Waals surface area contributed by atoms with E-state index in [1.165, 1.54) is 26.1 Å². The predicted octanol–water partition coefficient (Wildman–Crippen LogP) is 3.39. The zero-order chi connectivity index (χ0) is 27.6. The first-order valence-electron chi connectivity index (χ1n) is 11.0. The Hall–Kier alpha value is -4.37. The number of nitrogen functional groups attached to an aromatic ring is 1. The number of alkyl halides is 5. The zero-order valence-corrected chi connectivity index (χ0v) is 19.6. The monoisotopic (exact) mass is 537 g/mol. The third kappa shape index (κ3) is 3.95. The van der Waals surface area contributed by atoms with Crippen molar-refractivity contribution in [3.63, 3.8) is 0 Å². The van der Waals surface area contributed by atoms with Crippen molar-refractivity contribution in [3.8, 4) is 11.5 Å². The van der Waals surface area contributed by atoms with Crippen molar-refractivity contribution < 1.29 is 31.1 Å². The molecule has 0 radical (unpaired) electrons. The van der Waals surface area contributed by atoms with E-state index >= 15 is 0 Å². The second kappa shape index (κ2) is 8.32. The first-order valence-corrected chi connectivity index (χ1v) is 11.0. The van der Waals surface area contributed by atoms with Crippen molar-refractivity contribution in [2.45, 2.75) is 44.2 Å². The van der Waals surface area contributed by atoms with Crippen LogP contribution in [-0.2, 0) is 16.6 Å². The summed E-state index contributed by atoms with van der Waals surface area (Å²) in [4.78, 5) is 33.7. The summed E-state index contributed by atoms with van der Waals surface area (Å²) in [6.07, 6.45) is -5.83. The molecular formula is C22H17F6N9O. The summed E-state index contributed by atoms with van der Waals surface area (Å²) in [5.74, 6) is -6.20. The molecule has 3 N–H and O–H groups in total. The minimum absolute atomic E-state index is 0.00736. The molecule has 0 aliphatic carbocycles. The van der Waals surface area contributed by atoms with E-state index in [1.807, 2.05) is 0 Å². The molecule has 38 heavy (non-hydrogen) atoms. The number of pyridine rings is 1. The molecule has 0 fully saturated rings. The molecule has 0 bridgehead atoms. The van der Waals surface area contributed by atoms with Crippen LogP contribution < -0.4 is 11.1 Å². The van der Waals surface area contributed by atoms with E-state index in [9.17, 15) is 31.1 Å². The number of hydrogen-bond acceptors (Lipinski definition) is 8. The lowest BCUT2D eigenvalue weighted by molar-refractivity contribution is -0.284. The maximum Gasteiger partial charge on any atom is 0.453 e. The molecule has 0 aromatic carbocycles. The molecule has 0 spiro atoms. The van der Waals surface area contributed by atoms with Gasteiger partial charge in [-0.2, -0.15) is 27.1 Å². The minimum atomic E-state index is -5.73. The van der Waals surface area contributed by atoms with Crippen LogP contribution in [0.2, 0.25) is 0 Å². The fourth-order valence-corrected chi connectivity index (χ4v) is 4.19. The molecule has 16 heteroatoms. The smallest absolute Gasteiger partial charge is 0.383 e. The number of anilines is 2. The number of nitrogens with zero attached hydrogens (tertiary/aromatic N) is 7. The van der Waals surface area contributed by atoms with Gasteiger partial charge >= 0.3 is 12.1 Å². The van der Waals surface area contributed by atoms with E-state index in [0.717, 1.165) is 16.8 Å². The molecule has 1 unspecified atom stereocenters. The number of nitrogens with one attached hydrogen (secondary N) is 1. The number of rotatable bonds is 5. The number of carbonyl (C=O) groups excluding carboxylic acids is 1. The molecule has 0 saturated heterocycles. The first-order chi connectivity index (χ1) is 17.7. The molecule has 5 rings (SSSR count). The minimum Gasteiger partial charge on any atom is -0.383 e. The van der Waals surface area contributed by atoms with E-state index in [4.69, 9.17) is 5.73 Å². The second-order valence-corrected chi connectivity index (χ2v) is 8.80. The lowest BCUT2D eigenvalue weighted by atomic mass is 9.81. The summed E-state index contributed by atoms with van der Waals surface area (Å²) in [6, 6.07) is 2.45. The van der Waals surface area contributed by atoms with Crippen LogP contribution in [0, 0.1) is 12.7 Å². The van der Waals surface area contributed by atoms with Crippen molar-refractivity contribution in [2.75, 3.05) is 11.1 Å². The molecule has 1 amide bonds. The average Bonchev–Trinajstić information content (AvgIpc) is 3.33. The van der Waals surface area contributed by atoms with Gasteiger partial charge in [0.2, 0.25) is 5.91 Å². The molecule has 0 saturated carbocycles. The van der Waals surface area contributed by atoms with Gasteiger partial charge in [-0.1, -0.05) is 0 Å². The van der Waals surface area contributed by atoms with Crippen LogP contribution in [0.4, 0.5) is 38.0 Å². The third-order valence-electron chi connectivity index (χ3n) is 6.18. The van der Waals surface area contributed by atoms with Crippen LogP contribution in [0.5, 0.6) is 0 Å². The summed E-state index contributed by atoms with van der Waals surface area (Å²) < 4.78 is 79.9. The average molecular weight is 537 g/mol. The molecule has 4 aromatic rings. The summed E-state index contributed by atoms with van der Waals surface area (Å²) >= 11 is 0. The number of halogens is 6. The van der Waals surface area contributed by atoms with E-state index in [-0.39, 0.29) is 51.6 Å². The van der Waals surface area contributed by atoms with Crippen LogP contribution in [0.15, 0.2) is 24.5 Å². The number of fused-ring (bicyclic) bond motifs is 2. The summed E-state index contributed by atoms with van der Waals surface area (Å²) in [6.45, 7) is 3.01. The molecule has 5 heterocycles. The molecule has 1 aliphatic rings. The number of carbonyl (C=O) groups is 1. The van der Waals surface area contributed by atoms with Crippen LogP contribution >= 0.6 is 0 Å². The highest BCUT2D eigenvalue weighted by Gasteiger charge is 2.56. The molecule has 10 nitrogen and oxygen atoms in total. The Kier molecular flexibility index (Phi) is 5.54. The van der Waals surface area contributed by atoms with Crippen LogP contribution in [0.3, 0.4) is 0 Å². The van der Waals surface area contributed by atoms with Crippen molar-refractivity contribution in [1.29, 1.82) is 0 Å². The highest BCUT2D eigenvalue weighted by molar-refractivity contribution is 6.08. The maximum absolute atomic E-state index is 13.6. The molecule has 1 aliphatic heterocycles. The Morgan fingerprint density at radius 2 is 1.84 bits per heavy atom. The number of aromatic nitrogens is 7. The van der Waals surface area contributed by atoms with Crippen molar-refractivity contribution in [2.24, 2.45) is 0 Å². The van der Waals surface area contributed by atoms with Crippen molar-refractivity contribution >= 4 is 23.2 Å². The van der Waals surface area contributed by atoms with Crippen LogP contribution in [0.1, 0.15) is 36.1 Å². The van der Waals surface area contributed by atoms with Gasteiger partial charge in [0.1, 0.15) is 34.4 Å². The Bertz CT molecular complexity index is 1590. The van der Waals surface area contributed by atoms with Crippen molar-refractivity contribution in [3.05, 3.63) is 53.1 Å². The predicted molar refractivity (Wildman–Crippen MR) is 120 cm³/mol. The maximum atomic E-state index is 13.6. The second-order valence-electron chi connectivity index (χ2n) is 8.80. The summed E-state index contributed by atoms with van der Waals surface area (Å²) in [5, 5.41) is 6.67. The SMILES string of the molecule is Cc1nc2c(CCC(F)(F)C(F)(F)F)nc(-c3nc(N)c4c(n3)NC(=O)C4(C)c3ccc(F)cn3)cn2n1. The lowest BCUT2D eigenvalue weighted by Crippen LogP contribution is -2.36. The largest absolute Gasteiger partial charge is 0.453 e. The zero-order valence-electron chi connectivity index (χ0n) is 19.6. The molecule has 1 atom stereocenters. The van der Waals surface area contributed by atoms with Gasteiger partial charge in [-0.3, -0.25) is 9.78 Å². The van der Waals surface area contributed by atoms with E-state index in [1.54, 1.807) is 0 Å². The topological polar surface area (TPSA) is 137 Å². The van der Waals surface area contributed by atoms with Gasteiger partial charge < -0.3 is 11.1 Å². The highest BCUT2D eigenvalue weighted by atomic mass is 19.4. The summed E-state index contributed by atoms with van der Waals surface area (Å²) in [5.41, 5.74) is 4.83. The normalized spacial score (nSPS) is 17.6. The number of nitrogens with two attached hydrogens (primary N) is 1. The Morgan fingerprint density at radius 1 is 1.11 bits per heavy atom. The van der Waals surface area contributed by atoms with E-state index < -0.39 is 42.1 Å². The quantitative estimate of drug-likeness (QED) is 0.370. The highest BCUT2D eigenvalue weighted by Crippen LogP contribution is 2.44. The van der Waals surface area contributed by atoms with Gasteiger partial charge in [-0.05, 0) is 32.4 Å². The fourth-order valence-electron chi connectivity index (χ4n) is 4.19.